The first-order valence-corrected chi connectivity index (χ1v) is 11.1. The molecule has 16 heteroatoms. The number of carbonyl (C=O) groups is 2. The summed E-state index contributed by atoms with van der Waals surface area (Å²) in [6.45, 7) is 2.83. The largest absolute Gasteiger partial charge is 0.325 e. The standard InChI is InChI=1S/C12H10Cl4N4O5S3/c1-3(17-11(21)7-5(13)9(15)19-26-7)24-28(23)25-4(2)18-12(22)8-6(14)10(16)20-27-8/h3-4H,1-2H3,(H,17,21)(H,18,22). The van der Waals surface area contributed by atoms with E-state index in [1.165, 1.54) is 13.8 Å². The van der Waals surface area contributed by atoms with E-state index in [0.717, 1.165) is 23.1 Å². The molecule has 9 nitrogen and oxygen atoms in total. The molecule has 2 aromatic heterocycles. The van der Waals surface area contributed by atoms with Crippen LogP contribution < -0.4 is 10.6 Å². The summed E-state index contributed by atoms with van der Waals surface area (Å²) in [5.74, 6) is -1.23. The van der Waals surface area contributed by atoms with Gasteiger partial charge >= 0.3 is 11.4 Å². The molecule has 154 valence electrons. The molecule has 0 saturated carbocycles. The van der Waals surface area contributed by atoms with Crippen LogP contribution in [-0.2, 0) is 19.7 Å². The average Bonchev–Trinajstić information content (AvgIpc) is 3.10. The van der Waals surface area contributed by atoms with E-state index in [4.69, 9.17) is 54.8 Å². The molecule has 2 amide bonds. The molecular weight excluding hydrogens is 518 g/mol. The third kappa shape index (κ3) is 6.21. The van der Waals surface area contributed by atoms with Crippen molar-refractivity contribution in [1.29, 1.82) is 0 Å². The SMILES string of the molecule is CC(NC(=O)c1snc(Cl)c1Cl)OS(=O)OC(C)NC(=O)c1snc(Cl)c1Cl. The summed E-state index contributed by atoms with van der Waals surface area (Å²) in [4.78, 5) is 24.2. The molecule has 2 unspecified atom stereocenters. The molecule has 0 saturated heterocycles. The smallest absolute Gasteiger partial charge is 0.308 e. The Labute approximate surface area is 189 Å². The number of nitrogens with one attached hydrogen (secondary N) is 2. The van der Waals surface area contributed by atoms with Crippen LogP contribution in [-0.4, -0.2) is 37.2 Å². The molecule has 0 fully saturated rings. The highest BCUT2D eigenvalue weighted by Gasteiger charge is 2.23. The van der Waals surface area contributed by atoms with E-state index in [1.54, 1.807) is 0 Å². The molecule has 28 heavy (non-hydrogen) atoms. The summed E-state index contributed by atoms with van der Waals surface area (Å²) in [6, 6.07) is 0. The van der Waals surface area contributed by atoms with Crippen LogP contribution in [0, 0.1) is 0 Å². The molecule has 0 radical (unpaired) electrons. The fourth-order valence-electron chi connectivity index (χ4n) is 1.61. The van der Waals surface area contributed by atoms with Crippen LogP contribution in [0.2, 0.25) is 20.4 Å². The maximum Gasteiger partial charge on any atom is 0.308 e. The predicted molar refractivity (Wildman–Crippen MR) is 108 cm³/mol. The highest BCUT2D eigenvalue weighted by molar-refractivity contribution is 7.75. The van der Waals surface area contributed by atoms with E-state index in [2.05, 4.69) is 19.4 Å². The van der Waals surface area contributed by atoms with Crippen LogP contribution in [0.25, 0.3) is 0 Å². The van der Waals surface area contributed by atoms with E-state index in [9.17, 15) is 13.8 Å². The number of nitrogens with zero attached hydrogens (tertiary/aromatic N) is 2. The van der Waals surface area contributed by atoms with Crippen molar-refractivity contribution < 1.29 is 22.2 Å². The summed E-state index contributed by atoms with van der Waals surface area (Å²) >= 11 is 22.4. The first-order chi connectivity index (χ1) is 13.1. The van der Waals surface area contributed by atoms with Gasteiger partial charge in [0.2, 0.25) is 0 Å². The Morgan fingerprint density at radius 1 is 0.893 bits per heavy atom. The Balaban J connectivity index is 1.82. The van der Waals surface area contributed by atoms with Crippen LogP contribution >= 0.6 is 69.5 Å². The third-order valence-electron chi connectivity index (χ3n) is 2.72. The van der Waals surface area contributed by atoms with E-state index >= 15 is 0 Å². The van der Waals surface area contributed by atoms with Crippen molar-refractivity contribution in [3.05, 3.63) is 30.1 Å². The number of halogens is 4. The molecule has 2 rings (SSSR count). The summed E-state index contributed by atoms with van der Waals surface area (Å²) < 4.78 is 29.3. The van der Waals surface area contributed by atoms with Gasteiger partial charge in [-0.25, -0.2) is 8.37 Å². The molecular formula is C12H10Cl4N4O5S3. The highest BCUT2D eigenvalue weighted by Crippen LogP contribution is 2.29. The Kier molecular flexibility index (Phi) is 8.85. The average molecular weight is 528 g/mol. The van der Waals surface area contributed by atoms with Gasteiger partial charge in [-0.2, -0.15) is 13.0 Å². The van der Waals surface area contributed by atoms with Crippen molar-refractivity contribution in [2.45, 2.75) is 26.3 Å². The fourth-order valence-corrected chi connectivity index (χ4v) is 4.46. The van der Waals surface area contributed by atoms with Crippen LogP contribution in [0.1, 0.15) is 33.2 Å². The van der Waals surface area contributed by atoms with E-state index in [1.807, 2.05) is 0 Å². The van der Waals surface area contributed by atoms with Gasteiger partial charge in [-0.15, -0.1) is 0 Å². The lowest BCUT2D eigenvalue weighted by molar-refractivity contribution is 0.0796. The van der Waals surface area contributed by atoms with Crippen molar-refractivity contribution in [3.63, 3.8) is 0 Å². The zero-order chi connectivity index (χ0) is 21.0. The van der Waals surface area contributed by atoms with Crippen LogP contribution in [0.3, 0.4) is 0 Å². The lowest BCUT2D eigenvalue weighted by Gasteiger charge is -2.16. The molecule has 2 N–H and O–H groups in total. The monoisotopic (exact) mass is 526 g/mol. The van der Waals surface area contributed by atoms with Crippen molar-refractivity contribution in [2.24, 2.45) is 0 Å². The fraction of sp³-hybridized carbons (Fsp3) is 0.333. The van der Waals surface area contributed by atoms with Crippen LogP contribution in [0.5, 0.6) is 0 Å². The Hall–Kier alpha value is -0.570. The van der Waals surface area contributed by atoms with Crippen LogP contribution in [0.15, 0.2) is 0 Å². The van der Waals surface area contributed by atoms with Gasteiger partial charge in [0.05, 0.1) is 0 Å². The summed E-state index contributed by atoms with van der Waals surface area (Å²) in [7, 11) is 0. The molecule has 0 aliphatic rings. The van der Waals surface area contributed by atoms with Crippen molar-refractivity contribution in [1.82, 2.24) is 19.4 Å². The first-order valence-electron chi connectivity index (χ1n) is 7.09. The topological polar surface area (TPSA) is 120 Å². The van der Waals surface area contributed by atoms with Crippen molar-refractivity contribution >= 4 is 92.6 Å². The summed E-state index contributed by atoms with van der Waals surface area (Å²) in [5, 5.41) is 4.82. The second kappa shape index (κ2) is 10.5. The molecule has 0 spiro atoms. The van der Waals surface area contributed by atoms with Gasteiger partial charge < -0.3 is 10.6 Å². The van der Waals surface area contributed by atoms with E-state index in [-0.39, 0.29) is 30.1 Å². The predicted octanol–water partition coefficient (Wildman–Crippen LogP) is 3.68. The summed E-state index contributed by atoms with van der Waals surface area (Å²) in [5.41, 5.74) is 0. The molecule has 0 aliphatic heterocycles. The minimum Gasteiger partial charge on any atom is -0.325 e. The lowest BCUT2D eigenvalue weighted by Crippen LogP contribution is -2.38. The van der Waals surface area contributed by atoms with Gasteiger partial charge in [0, 0.05) is 0 Å². The Morgan fingerprint density at radius 3 is 1.54 bits per heavy atom. The number of rotatable bonds is 8. The number of hydrogen-bond donors (Lipinski definition) is 2. The number of carbonyl (C=O) groups excluding carboxylic acids is 2. The van der Waals surface area contributed by atoms with Gasteiger partial charge in [-0.1, -0.05) is 46.4 Å². The van der Waals surface area contributed by atoms with Crippen molar-refractivity contribution in [3.8, 4) is 0 Å². The maximum atomic E-state index is 12.0. The molecule has 2 aromatic rings. The third-order valence-corrected chi connectivity index (χ3v) is 7.21. The zero-order valence-corrected chi connectivity index (χ0v) is 19.3. The Bertz CT molecular complexity index is 838. The summed E-state index contributed by atoms with van der Waals surface area (Å²) in [6.07, 6.45) is -2.02. The van der Waals surface area contributed by atoms with Crippen LogP contribution in [0.4, 0.5) is 0 Å². The lowest BCUT2D eigenvalue weighted by atomic mass is 10.4. The number of hydrogen-bond acceptors (Lipinski definition) is 9. The highest BCUT2D eigenvalue weighted by atomic mass is 35.5. The molecule has 0 aromatic carbocycles. The second-order valence-corrected chi connectivity index (χ2v) is 8.67. The van der Waals surface area contributed by atoms with Gasteiger partial charge in [0.25, 0.3) is 11.8 Å². The quantitative estimate of drug-likeness (QED) is 0.502. The second-order valence-electron chi connectivity index (χ2n) is 4.86. The number of aromatic nitrogens is 2. The van der Waals surface area contributed by atoms with Gasteiger partial charge in [0.1, 0.15) is 32.3 Å². The van der Waals surface area contributed by atoms with Gasteiger partial charge in [-0.3, -0.25) is 9.59 Å². The van der Waals surface area contributed by atoms with Gasteiger partial charge in [0.15, 0.2) is 10.3 Å². The molecule has 2 atom stereocenters. The minimum atomic E-state index is -2.30. The van der Waals surface area contributed by atoms with Crippen molar-refractivity contribution in [2.75, 3.05) is 0 Å². The maximum absolute atomic E-state index is 12.0. The molecule has 0 bridgehead atoms. The normalized spacial score (nSPS) is 14.4. The Morgan fingerprint density at radius 2 is 1.25 bits per heavy atom. The van der Waals surface area contributed by atoms with E-state index in [0.29, 0.717) is 0 Å². The minimum absolute atomic E-state index is 0.00388. The molecule has 2 heterocycles. The number of amides is 2. The van der Waals surface area contributed by atoms with Gasteiger partial charge in [-0.05, 0) is 36.9 Å². The molecule has 0 aliphatic carbocycles. The zero-order valence-electron chi connectivity index (χ0n) is 13.8. The first kappa shape index (κ1) is 23.7. The van der Waals surface area contributed by atoms with E-state index < -0.39 is 35.6 Å².